The van der Waals surface area contributed by atoms with Gasteiger partial charge >= 0.3 is 6.03 Å². The number of halogens is 2. The fourth-order valence-electron chi connectivity index (χ4n) is 2.27. The van der Waals surface area contributed by atoms with E-state index in [0.717, 1.165) is 11.6 Å². The van der Waals surface area contributed by atoms with Gasteiger partial charge in [0, 0.05) is 12.8 Å². The minimum Gasteiger partial charge on any atom is -0.382 e. The lowest BCUT2D eigenvalue weighted by atomic mass is 9.93. The van der Waals surface area contributed by atoms with Crippen LogP contribution in [0.5, 0.6) is 0 Å². The Kier molecular flexibility index (Phi) is 5.58. The Labute approximate surface area is 139 Å². The average molecular weight is 337 g/mol. The minimum absolute atomic E-state index is 0.00413. The molecule has 2 rings (SSSR count). The number of benzene rings is 2. The van der Waals surface area contributed by atoms with Crippen molar-refractivity contribution in [1.82, 2.24) is 5.32 Å². The minimum atomic E-state index is -0.717. The number of rotatable bonds is 5. The van der Waals surface area contributed by atoms with Gasteiger partial charge in [-0.3, -0.25) is 0 Å². The van der Waals surface area contributed by atoms with Gasteiger partial charge in [0.2, 0.25) is 0 Å². The number of carbonyl (C=O) groups is 1. The Morgan fingerprint density at radius 1 is 1.26 bits per heavy atom. The summed E-state index contributed by atoms with van der Waals surface area (Å²) in [5.41, 5.74) is 0.502. The molecule has 0 spiro atoms. The fourth-order valence-corrected chi connectivity index (χ4v) is 2.39. The Hall–Kier alpha value is -2.11. The van der Waals surface area contributed by atoms with Gasteiger partial charge in [-0.1, -0.05) is 41.9 Å². The molecule has 122 valence electrons. The molecule has 0 aromatic heterocycles. The Morgan fingerprint density at radius 3 is 2.57 bits per heavy atom. The summed E-state index contributed by atoms with van der Waals surface area (Å²) in [6.45, 7) is 2.15. The highest BCUT2D eigenvalue weighted by atomic mass is 35.5. The first-order chi connectivity index (χ1) is 10.9. The molecule has 0 aliphatic heterocycles. The zero-order valence-corrected chi connectivity index (χ0v) is 13.7. The van der Waals surface area contributed by atoms with Crippen LogP contribution in [-0.4, -0.2) is 19.7 Å². The standard InChI is InChI=1S/C17H18ClFN2O2/c1-17(11-23-2,12-6-4-3-5-7-12)21-16(22)20-13-8-9-14(18)15(19)10-13/h3-10H,11H2,1-2H3,(H2,20,21,22)/t17-/m0/s1. The first-order valence-corrected chi connectivity index (χ1v) is 7.41. The van der Waals surface area contributed by atoms with E-state index in [0.29, 0.717) is 12.3 Å². The lowest BCUT2D eigenvalue weighted by molar-refractivity contribution is 0.123. The molecular formula is C17H18ClFN2O2. The number of hydrogen-bond acceptors (Lipinski definition) is 2. The van der Waals surface area contributed by atoms with Crippen molar-refractivity contribution in [3.63, 3.8) is 0 Å². The van der Waals surface area contributed by atoms with Crippen molar-refractivity contribution in [2.75, 3.05) is 19.0 Å². The van der Waals surface area contributed by atoms with Crippen molar-refractivity contribution >= 4 is 23.3 Å². The van der Waals surface area contributed by atoms with E-state index in [2.05, 4.69) is 10.6 Å². The summed E-state index contributed by atoms with van der Waals surface area (Å²) in [6, 6.07) is 13.1. The maximum absolute atomic E-state index is 13.4. The molecule has 1 atom stereocenters. The molecule has 0 bridgehead atoms. The highest BCUT2D eigenvalue weighted by molar-refractivity contribution is 6.30. The third kappa shape index (κ3) is 4.43. The molecule has 0 fully saturated rings. The van der Waals surface area contributed by atoms with Crippen molar-refractivity contribution < 1.29 is 13.9 Å². The number of urea groups is 1. The molecule has 6 heteroatoms. The first-order valence-electron chi connectivity index (χ1n) is 7.03. The van der Waals surface area contributed by atoms with Gasteiger partial charge < -0.3 is 15.4 Å². The highest BCUT2D eigenvalue weighted by Crippen LogP contribution is 2.22. The van der Waals surface area contributed by atoms with E-state index >= 15 is 0 Å². The zero-order valence-electron chi connectivity index (χ0n) is 12.9. The first kappa shape index (κ1) is 17.2. The summed E-state index contributed by atoms with van der Waals surface area (Å²) in [5.74, 6) is -0.591. The van der Waals surface area contributed by atoms with E-state index in [1.807, 2.05) is 37.3 Å². The van der Waals surface area contributed by atoms with Gasteiger partial charge in [0.1, 0.15) is 5.82 Å². The fraction of sp³-hybridized carbons (Fsp3) is 0.235. The van der Waals surface area contributed by atoms with Crippen molar-refractivity contribution in [1.29, 1.82) is 0 Å². The third-order valence-electron chi connectivity index (χ3n) is 3.41. The normalized spacial score (nSPS) is 13.2. The van der Waals surface area contributed by atoms with E-state index in [1.165, 1.54) is 12.1 Å². The monoisotopic (exact) mass is 336 g/mol. The lowest BCUT2D eigenvalue weighted by Crippen LogP contribution is -2.48. The maximum Gasteiger partial charge on any atom is 0.320 e. The molecule has 4 nitrogen and oxygen atoms in total. The van der Waals surface area contributed by atoms with Crippen LogP contribution in [0.1, 0.15) is 12.5 Å². The molecule has 0 aliphatic carbocycles. The van der Waals surface area contributed by atoms with Crippen LogP contribution in [0.3, 0.4) is 0 Å². The molecular weight excluding hydrogens is 319 g/mol. The summed E-state index contributed by atoms with van der Waals surface area (Å²) in [4.78, 5) is 12.2. The van der Waals surface area contributed by atoms with Crippen LogP contribution in [-0.2, 0) is 10.3 Å². The van der Waals surface area contributed by atoms with Gasteiger partial charge in [0.15, 0.2) is 0 Å². The number of carbonyl (C=O) groups excluding carboxylic acids is 1. The van der Waals surface area contributed by atoms with E-state index in [9.17, 15) is 9.18 Å². The molecule has 2 aromatic carbocycles. The van der Waals surface area contributed by atoms with Gasteiger partial charge in [-0.25, -0.2) is 9.18 Å². The number of amides is 2. The summed E-state index contributed by atoms with van der Waals surface area (Å²) < 4.78 is 18.7. The van der Waals surface area contributed by atoms with Gasteiger partial charge in [-0.05, 0) is 30.7 Å². The van der Waals surface area contributed by atoms with Crippen LogP contribution in [0.15, 0.2) is 48.5 Å². The number of hydrogen-bond donors (Lipinski definition) is 2. The summed E-state index contributed by atoms with van der Waals surface area (Å²) >= 11 is 5.63. The number of nitrogens with one attached hydrogen (secondary N) is 2. The predicted octanol–water partition coefficient (Wildman–Crippen LogP) is 4.16. The molecule has 0 saturated heterocycles. The Balaban J connectivity index is 2.13. The van der Waals surface area contributed by atoms with E-state index in [4.69, 9.17) is 16.3 Å². The highest BCUT2D eigenvalue weighted by Gasteiger charge is 2.28. The maximum atomic E-state index is 13.4. The van der Waals surface area contributed by atoms with Crippen LogP contribution in [0.2, 0.25) is 5.02 Å². The van der Waals surface area contributed by atoms with E-state index < -0.39 is 17.4 Å². The molecule has 23 heavy (non-hydrogen) atoms. The summed E-state index contributed by atoms with van der Waals surface area (Å²) in [7, 11) is 1.56. The SMILES string of the molecule is COC[C@](C)(NC(=O)Nc1ccc(Cl)c(F)c1)c1ccccc1. The van der Waals surface area contributed by atoms with Crippen LogP contribution in [0.25, 0.3) is 0 Å². The molecule has 0 aliphatic rings. The number of methoxy groups -OCH3 is 1. The largest absolute Gasteiger partial charge is 0.382 e. The molecule has 2 N–H and O–H groups in total. The predicted molar refractivity (Wildman–Crippen MR) is 89.2 cm³/mol. The zero-order chi connectivity index (χ0) is 16.9. The van der Waals surface area contributed by atoms with Crippen LogP contribution < -0.4 is 10.6 Å². The van der Waals surface area contributed by atoms with Crippen molar-refractivity contribution in [2.45, 2.75) is 12.5 Å². The second-order valence-corrected chi connectivity index (χ2v) is 5.75. The summed E-state index contributed by atoms with van der Waals surface area (Å²) in [6.07, 6.45) is 0. The third-order valence-corrected chi connectivity index (χ3v) is 3.72. The van der Waals surface area contributed by atoms with Gasteiger partial charge in [-0.15, -0.1) is 0 Å². The quantitative estimate of drug-likeness (QED) is 0.861. The van der Waals surface area contributed by atoms with E-state index in [-0.39, 0.29) is 5.02 Å². The van der Waals surface area contributed by atoms with E-state index in [1.54, 1.807) is 7.11 Å². The van der Waals surface area contributed by atoms with Gasteiger partial charge in [0.25, 0.3) is 0 Å². The smallest absolute Gasteiger partial charge is 0.320 e. The summed E-state index contributed by atoms with van der Waals surface area (Å²) in [5, 5.41) is 5.46. The van der Waals surface area contributed by atoms with Crippen molar-refractivity contribution in [2.24, 2.45) is 0 Å². The lowest BCUT2D eigenvalue weighted by Gasteiger charge is -2.30. The average Bonchev–Trinajstić information content (AvgIpc) is 2.52. The Bertz CT molecular complexity index is 682. The molecule has 2 amide bonds. The number of anilines is 1. The van der Waals surface area contributed by atoms with Crippen LogP contribution in [0.4, 0.5) is 14.9 Å². The molecule has 0 saturated carbocycles. The Morgan fingerprint density at radius 2 is 1.96 bits per heavy atom. The topological polar surface area (TPSA) is 50.4 Å². The number of ether oxygens (including phenoxy) is 1. The second-order valence-electron chi connectivity index (χ2n) is 5.34. The van der Waals surface area contributed by atoms with Crippen molar-refractivity contribution in [3.05, 3.63) is 64.9 Å². The molecule has 0 radical (unpaired) electrons. The van der Waals surface area contributed by atoms with Crippen LogP contribution >= 0.6 is 11.6 Å². The van der Waals surface area contributed by atoms with Gasteiger partial charge in [0.05, 0.1) is 17.2 Å². The molecule has 0 unspecified atom stereocenters. The van der Waals surface area contributed by atoms with Crippen LogP contribution in [0, 0.1) is 5.82 Å². The van der Waals surface area contributed by atoms with Crippen molar-refractivity contribution in [3.8, 4) is 0 Å². The van der Waals surface area contributed by atoms with Gasteiger partial charge in [-0.2, -0.15) is 0 Å². The molecule has 2 aromatic rings. The second kappa shape index (κ2) is 7.44. The molecule has 0 heterocycles.